The molecule has 29 heavy (non-hydrogen) atoms. The zero-order valence-corrected chi connectivity index (χ0v) is 21.6. The van der Waals surface area contributed by atoms with Crippen LogP contribution in [0.4, 0.5) is 0 Å². The fraction of sp³-hybridized carbons (Fsp3) is 1.00. The highest BCUT2D eigenvalue weighted by atomic mass is 15.1. The number of nitrogens with zero attached hydrogens (tertiary/aromatic N) is 1. The molecule has 0 aromatic heterocycles. The summed E-state index contributed by atoms with van der Waals surface area (Å²) in [6.07, 6.45) is 22.6. The van der Waals surface area contributed by atoms with E-state index in [1.165, 1.54) is 122 Å². The first-order valence-corrected chi connectivity index (χ1v) is 13.8. The van der Waals surface area contributed by atoms with E-state index in [9.17, 15) is 0 Å². The average molecular weight is 410 g/mol. The summed E-state index contributed by atoms with van der Waals surface area (Å²) in [6, 6.07) is 0. The van der Waals surface area contributed by atoms with E-state index >= 15 is 0 Å². The molecular formula is C28H59N. The molecule has 1 heteroatoms. The third-order valence-electron chi connectivity index (χ3n) is 6.83. The first-order chi connectivity index (χ1) is 14.1. The maximum Gasteiger partial charge on any atom is 0.000956 e. The first kappa shape index (κ1) is 29.0. The molecule has 0 aliphatic carbocycles. The monoisotopic (exact) mass is 409 g/mol. The second-order valence-corrected chi connectivity index (χ2v) is 10.3. The van der Waals surface area contributed by atoms with Gasteiger partial charge < -0.3 is 4.90 Å². The largest absolute Gasteiger partial charge is 0.303 e. The van der Waals surface area contributed by atoms with E-state index in [2.05, 4.69) is 46.4 Å². The van der Waals surface area contributed by atoms with Gasteiger partial charge in [0.1, 0.15) is 0 Å². The molecule has 0 N–H and O–H groups in total. The van der Waals surface area contributed by atoms with Gasteiger partial charge in [-0.2, -0.15) is 0 Å². The molecule has 0 fully saturated rings. The second kappa shape index (κ2) is 21.2. The van der Waals surface area contributed by atoms with Crippen molar-refractivity contribution in [3.8, 4) is 0 Å². The van der Waals surface area contributed by atoms with Gasteiger partial charge in [0.2, 0.25) is 0 Å². The molecule has 0 aliphatic rings. The van der Waals surface area contributed by atoms with Gasteiger partial charge in [-0.05, 0) is 50.1 Å². The third-order valence-corrected chi connectivity index (χ3v) is 6.83. The molecule has 0 saturated heterocycles. The van der Waals surface area contributed by atoms with Crippen molar-refractivity contribution in [3.63, 3.8) is 0 Å². The Kier molecular flexibility index (Phi) is 21.2. The van der Waals surface area contributed by atoms with E-state index in [0.717, 1.165) is 17.8 Å². The molecule has 0 rings (SSSR count). The second-order valence-electron chi connectivity index (χ2n) is 10.3. The topological polar surface area (TPSA) is 3.24 Å². The molecule has 0 aliphatic heterocycles. The highest BCUT2D eigenvalue weighted by molar-refractivity contribution is 4.69. The van der Waals surface area contributed by atoms with Crippen LogP contribution in [0.2, 0.25) is 0 Å². The van der Waals surface area contributed by atoms with Gasteiger partial charge in [0.15, 0.2) is 0 Å². The van der Waals surface area contributed by atoms with Gasteiger partial charge >= 0.3 is 0 Å². The Morgan fingerprint density at radius 2 is 1.17 bits per heavy atom. The lowest BCUT2D eigenvalue weighted by Gasteiger charge is -2.29. The van der Waals surface area contributed by atoms with E-state index in [1.807, 2.05) is 0 Å². The van der Waals surface area contributed by atoms with Crippen molar-refractivity contribution < 1.29 is 0 Å². The number of hydrogen-bond acceptors (Lipinski definition) is 1. The first-order valence-electron chi connectivity index (χ1n) is 13.8. The Hall–Kier alpha value is -0.0400. The van der Waals surface area contributed by atoms with Crippen LogP contribution in [0.3, 0.4) is 0 Å². The van der Waals surface area contributed by atoms with Gasteiger partial charge in [-0.1, -0.05) is 125 Å². The molecular weight excluding hydrogens is 350 g/mol. The van der Waals surface area contributed by atoms with E-state index in [4.69, 9.17) is 0 Å². The van der Waals surface area contributed by atoms with Gasteiger partial charge in [0.25, 0.3) is 0 Å². The van der Waals surface area contributed by atoms with Crippen molar-refractivity contribution in [3.05, 3.63) is 0 Å². The SMILES string of the molecule is CCCCCC(CCC)CCN(CCCCCCC(C)C)CC(CC)CCCC. The Labute approximate surface area is 186 Å². The predicted molar refractivity (Wildman–Crippen MR) is 135 cm³/mol. The standard InChI is InChI=1S/C28H59N/c1-7-11-15-21-28(18-9-3)22-24-29(25-27(10-4)20-12-8-2)23-17-14-13-16-19-26(5)6/h26-28H,7-25H2,1-6H3. The number of rotatable bonds is 22. The molecule has 0 amide bonds. The predicted octanol–water partition coefficient (Wildman–Crippen LogP) is 9.50. The van der Waals surface area contributed by atoms with Gasteiger partial charge in [-0.25, -0.2) is 0 Å². The molecule has 0 radical (unpaired) electrons. The lowest BCUT2D eigenvalue weighted by atomic mass is 9.92. The summed E-state index contributed by atoms with van der Waals surface area (Å²) in [6.45, 7) is 18.2. The van der Waals surface area contributed by atoms with Crippen LogP contribution in [0.15, 0.2) is 0 Å². The molecule has 2 unspecified atom stereocenters. The van der Waals surface area contributed by atoms with Gasteiger partial charge in [-0.3, -0.25) is 0 Å². The van der Waals surface area contributed by atoms with Crippen LogP contribution < -0.4 is 0 Å². The molecule has 0 aromatic carbocycles. The summed E-state index contributed by atoms with van der Waals surface area (Å²) in [5.41, 5.74) is 0. The quantitative estimate of drug-likeness (QED) is 0.161. The van der Waals surface area contributed by atoms with Crippen LogP contribution in [0, 0.1) is 17.8 Å². The lowest BCUT2D eigenvalue weighted by Crippen LogP contribution is -2.32. The minimum absolute atomic E-state index is 0.874. The molecule has 0 bridgehead atoms. The molecule has 0 spiro atoms. The van der Waals surface area contributed by atoms with Crippen LogP contribution in [-0.2, 0) is 0 Å². The minimum Gasteiger partial charge on any atom is -0.303 e. The molecule has 0 heterocycles. The average Bonchev–Trinajstić information content (AvgIpc) is 2.70. The smallest absolute Gasteiger partial charge is 0.000956 e. The Balaban J connectivity index is 4.49. The normalized spacial score (nSPS) is 14.1. The van der Waals surface area contributed by atoms with Crippen molar-refractivity contribution >= 4 is 0 Å². The molecule has 1 nitrogen and oxygen atoms in total. The lowest BCUT2D eigenvalue weighted by molar-refractivity contribution is 0.196. The third kappa shape index (κ3) is 18.4. The maximum absolute atomic E-state index is 2.87. The Morgan fingerprint density at radius 1 is 0.517 bits per heavy atom. The van der Waals surface area contributed by atoms with Crippen LogP contribution in [0.5, 0.6) is 0 Å². The van der Waals surface area contributed by atoms with Crippen LogP contribution in [-0.4, -0.2) is 24.5 Å². The Morgan fingerprint density at radius 3 is 1.79 bits per heavy atom. The van der Waals surface area contributed by atoms with Gasteiger partial charge in [0.05, 0.1) is 0 Å². The summed E-state index contributed by atoms with van der Waals surface area (Å²) in [4.78, 5) is 2.87. The van der Waals surface area contributed by atoms with Crippen molar-refractivity contribution in [2.24, 2.45) is 17.8 Å². The molecule has 176 valence electrons. The van der Waals surface area contributed by atoms with Gasteiger partial charge in [-0.15, -0.1) is 0 Å². The number of unbranched alkanes of at least 4 members (excludes halogenated alkanes) is 6. The van der Waals surface area contributed by atoms with Gasteiger partial charge in [0, 0.05) is 6.54 Å². The van der Waals surface area contributed by atoms with E-state index < -0.39 is 0 Å². The number of hydrogen-bond donors (Lipinski definition) is 0. The van der Waals surface area contributed by atoms with Crippen molar-refractivity contribution in [1.29, 1.82) is 0 Å². The molecule has 2 atom stereocenters. The van der Waals surface area contributed by atoms with E-state index in [-0.39, 0.29) is 0 Å². The fourth-order valence-electron chi connectivity index (χ4n) is 4.71. The van der Waals surface area contributed by atoms with Crippen LogP contribution >= 0.6 is 0 Å². The van der Waals surface area contributed by atoms with Crippen LogP contribution in [0.25, 0.3) is 0 Å². The highest BCUT2D eigenvalue weighted by Crippen LogP contribution is 2.22. The summed E-state index contributed by atoms with van der Waals surface area (Å²) >= 11 is 0. The summed E-state index contributed by atoms with van der Waals surface area (Å²) in [5.74, 6) is 2.76. The van der Waals surface area contributed by atoms with Crippen molar-refractivity contribution in [2.45, 2.75) is 144 Å². The minimum atomic E-state index is 0.874. The maximum atomic E-state index is 2.87. The molecule has 0 aromatic rings. The highest BCUT2D eigenvalue weighted by Gasteiger charge is 2.15. The van der Waals surface area contributed by atoms with Crippen molar-refractivity contribution in [2.75, 3.05) is 19.6 Å². The Bertz CT molecular complexity index is 311. The summed E-state index contributed by atoms with van der Waals surface area (Å²) in [7, 11) is 0. The fourth-order valence-corrected chi connectivity index (χ4v) is 4.71. The van der Waals surface area contributed by atoms with Crippen LogP contribution in [0.1, 0.15) is 144 Å². The molecule has 0 saturated carbocycles. The zero-order valence-electron chi connectivity index (χ0n) is 21.6. The van der Waals surface area contributed by atoms with E-state index in [1.54, 1.807) is 0 Å². The zero-order chi connectivity index (χ0) is 21.7. The van der Waals surface area contributed by atoms with Crippen molar-refractivity contribution in [1.82, 2.24) is 4.90 Å². The summed E-state index contributed by atoms with van der Waals surface area (Å²) < 4.78 is 0. The summed E-state index contributed by atoms with van der Waals surface area (Å²) in [5, 5.41) is 0. The van der Waals surface area contributed by atoms with E-state index in [0.29, 0.717) is 0 Å².